The molecule has 0 spiro atoms. The number of hydrogen-bond acceptors (Lipinski definition) is 3. The topological polar surface area (TPSA) is 43.6 Å². The summed E-state index contributed by atoms with van der Waals surface area (Å²) in [5, 5.41) is 0. The lowest BCUT2D eigenvalue weighted by Crippen LogP contribution is -2.16. The summed E-state index contributed by atoms with van der Waals surface area (Å²) in [6, 6.07) is 11.7. The van der Waals surface area contributed by atoms with E-state index in [1.807, 2.05) is 50.2 Å². The van der Waals surface area contributed by atoms with Crippen molar-refractivity contribution < 1.29 is 9.53 Å². The first-order valence-corrected chi connectivity index (χ1v) is 8.69. The lowest BCUT2D eigenvalue weighted by molar-refractivity contribution is 0.0997. The highest BCUT2D eigenvalue weighted by Gasteiger charge is 2.11. The first-order chi connectivity index (χ1) is 11.5. The van der Waals surface area contributed by atoms with Gasteiger partial charge in [0.15, 0.2) is 4.80 Å². The zero-order valence-corrected chi connectivity index (χ0v) is 15.1. The fraction of sp³-hybridized carbons (Fsp3) is 0.263. The Hall–Kier alpha value is -2.40. The van der Waals surface area contributed by atoms with Gasteiger partial charge in [0, 0.05) is 12.1 Å². The SMILES string of the molecule is CCn1c(=NC(=O)c2ccc(C)cc2C)sc2cc(OC)ccc21. The predicted molar refractivity (Wildman–Crippen MR) is 97.9 cm³/mol. The van der Waals surface area contributed by atoms with Crippen LogP contribution in [0.5, 0.6) is 5.75 Å². The summed E-state index contributed by atoms with van der Waals surface area (Å²) in [6.07, 6.45) is 0. The van der Waals surface area contributed by atoms with E-state index in [0.29, 0.717) is 10.4 Å². The summed E-state index contributed by atoms with van der Waals surface area (Å²) in [7, 11) is 1.65. The lowest BCUT2D eigenvalue weighted by Gasteiger charge is -2.03. The van der Waals surface area contributed by atoms with Gasteiger partial charge in [-0.15, -0.1) is 0 Å². The van der Waals surface area contributed by atoms with E-state index in [9.17, 15) is 4.79 Å². The molecule has 0 atom stereocenters. The number of thiazole rings is 1. The monoisotopic (exact) mass is 340 g/mol. The molecule has 3 rings (SSSR count). The maximum atomic E-state index is 12.6. The number of aryl methyl sites for hydroxylation is 3. The molecule has 2 aromatic carbocycles. The molecule has 0 aliphatic heterocycles. The quantitative estimate of drug-likeness (QED) is 0.721. The number of fused-ring (bicyclic) bond motifs is 1. The molecule has 0 unspecified atom stereocenters. The Kier molecular flexibility index (Phi) is 4.53. The van der Waals surface area contributed by atoms with Crippen LogP contribution < -0.4 is 9.54 Å². The molecule has 0 saturated heterocycles. The van der Waals surface area contributed by atoms with Crippen molar-refractivity contribution in [2.45, 2.75) is 27.3 Å². The van der Waals surface area contributed by atoms with Gasteiger partial charge >= 0.3 is 0 Å². The third kappa shape index (κ3) is 2.99. The molecule has 3 aromatic rings. The highest BCUT2D eigenvalue weighted by molar-refractivity contribution is 7.16. The van der Waals surface area contributed by atoms with Crippen LogP contribution in [0.1, 0.15) is 28.4 Å². The normalized spacial score (nSPS) is 11.9. The fourth-order valence-electron chi connectivity index (χ4n) is 2.77. The van der Waals surface area contributed by atoms with Gasteiger partial charge in [-0.2, -0.15) is 4.99 Å². The van der Waals surface area contributed by atoms with Crippen LogP contribution in [0.3, 0.4) is 0 Å². The van der Waals surface area contributed by atoms with Gasteiger partial charge < -0.3 is 9.30 Å². The van der Waals surface area contributed by atoms with Crippen LogP contribution in [-0.2, 0) is 6.54 Å². The largest absolute Gasteiger partial charge is 0.497 e. The number of ether oxygens (including phenoxy) is 1. The van der Waals surface area contributed by atoms with Crippen molar-refractivity contribution in [1.82, 2.24) is 4.57 Å². The maximum Gasteiger partial charge on any atom is 0.279 e. The average Bonchev–Trinajstić information content (AvgIpc) is 2.90. The van der Waals surface area contributed by atoms with E-state index >= 15 is 0 Å². The zero-order valence-electron chi connectivity index (χ0n) is 14.3. The number of rotatable bonds is 3. The summed E-state index contributed by atoms with van der Waals surface area (Å²) in [4.78, 5) is 17.7. The van der Waals surface area contributed by atoms with E-state index in [2.05, 4.69) is 16.5 Å². The summed E-state index contributed by atoms with van der Waals surface area (Å²) in [5.74, 6) is 0.604. The minimum atomic E-state index is -0.201. The summed E-state index contributed by atoms with van der Waals surface area (Å²) in [5.41, 5.74) is 3.81. The molecule has 4 nitrogen and oxygen atoms in total. The van der Waals surface area contributed by atoms with Gasteiger partial charge in [-0.05, 0) is 50.6 Å². The van der Waals surface area contributed by atoms with Crippen molar-refractivity contribution in [1.29, 1.82) is 0 Å². The van der Waals surface area contributed by atoms with Crippen molar-refractivity contribution in [3.8, 4) is 5.75 Å². The molecule has 0 aliphatic rings. The van der Waals surface area contributed by atoms with E-state index in [1.165, 1.54) is 11.3 Å². The Morgan fingerprint density at radius 2 is 2.00 bits per heavy atom. The lowest BCUT2D eigenvalue weighted by atomic mass is 10.1. The third-order valence-electron chi connectivity index (χ3n) is 4.02. The Morgan fingerprint density at radius 3 is 2.67 bits per heavy atom. The number of carbonyl (C=O) groups is 1. The third-order valence-corrected chi connectivity index (χ3v) is 5.06. The molecule has 1 amide bonds. The van der Waals surface area contributed by atoms with Crippen LogP contribution in [0.4, 0.5) is 0 Å². The van der Waals surface area contributed by atoms with Gasteiger partial charge in [-0.3, -0.25) is 4.79 Å². The number of benzene rings is 2. The average molecular weight is 340 g/mol. The number of aromatic nitrogens is 1. The van der Waals surface area contributed by atoms with Crippen molar-refractivity contribution in [2.24, 2.45) is 4.99 Å². The van der Waals surface area contributed by atoms with Gasteiger partial charge in [0.05, 0.1) is 17.3 Å². The summed E-state index contributed by atoms with van der Waals surface area (Å²) >= 11 is 1.51. The second-order valence-corrected chi connectivity index (χ2v) is 6.71. The fourth-order valence-corrected chi connectivity index (χ4v) is 3.89. The molecule has 1 aromatic heterocycles. The smallest absolute Gasteiger partial charge is 0.279 e. The van der Waals surface area contributed by atoms with E-state index < -0.39 is 0 Å². The minimum absolute atomic E-state index is 0.201. The van der Waals surface area contributed by atoms with Gasteiger partial charge in [-0.1, -0.05) is 29.0 Å². The standard InChI is InChI=1S/C19H20N2O2S/c1-5-21-16-9-7-14(23-4)11-17(16)24-19(21)20-18(22)15-8-6-12(2)10-13(15)3/h6-11H,5H2,1-4H3. The molecule has 124 valence electrons. The van der Waals surface area contributed by atoms with Crippen molar-refractivity contribution in [3.05, 3.63) is 57.9 Å². The zero-order chi connectivity index (χ0) is 17.3. The second kappa shape index (κ2) is 6.61. The second-order valence-electron chi connectivity index (χ2n) is 5.70. The molecule has 1 heterocycles. The van der Waals surface area contributed by atoms with Gasteiger partial charge in [0.25, 0.3) is 5.91 Å². The Labute approximate surface area is 145 Å². The van der Waals surface area contributed by atoms with E-state index in [0.717, 1.165) is 33.6 Å². The highest BCUT2D eigenvalue weighted by atomic mass is 32.1. The van der Waals surface area contributed by atoms with Crippen LogP contribution in [0.2, 0.25) is 0 Å². The Morgan fingerprint density at radius 1 is 1.21 bits per heavy atom. The highest BCUT2D eigenvalue weighted by Crippen LogP contribution is 2.23. The molecule has 5 heteroatoms. The van der Waals surface area contributed by atoms with E-state index in [-0.39, 0.29) is 5.91 Å². The Bertz CT molecular complexity index is 983. The summed E-state index contributed by atoms with van der Waals surface area (Å²) in [6.45, 7) is 6.77. The number of amides is 1. The minimum Gasteiger partial charge on any atom is -0.497 e. The first kappa shape index (κ1) is 16.5. The van der Waals surface area contributed by atoms with Gasteiger partial charge in [0.2, 0.25) is 0 Å². The molecule has 0 N–H and O–H groups in total. The van der Waals surface area contributed by atoms with Crippen LogP contribution in [0, 0.1) is 13.8 Å². The number of carbonyl (C=O) groups excluding carboxylic acids is 1. The van der Waals surface area contributed by atoms with Crippen LogP contribution in [0.25, 0.3) is 10.2 Å². The van der Waals surface area contributed by atoms with Crippen LogP contribution >= 0.6 is 11.3 Å². The Balaban J connectivity index is 2.13. The number of hydrogen-bond donors (Lipinski definition) is 0. The van der Waals surface area contributed by atoms with Crippen molar-refractivity contribution >= 4 is 27.5 Å². The molecule has 0 fully saturated rings. The molecule has 0 bridgehead atoms. The predicted octanol–water partition coefficient (Wildman–Crippen LogP) is 4.09. The van der Waals surface area contributed by atoms with Gasteiger partial charge in [-0.25, -0.2) is 0 Å². The molecule has 0 radical (unpaired) electrons. The van der Waals surface area contributed by atoms with Crippen LogP contribution in [-0.4, -0.2) is 17.6 Å². The van der Waals surface area contributed by atoms with Crippen molar-refractivity contribution in [2.75, 3.05) is 7.11 Å². The van der Waals surface area contributed by atoms with Crippen LogP contribution in [0.15, 0.2) is 41.4 Å². The van der Waals surface area contributed by atoms with Crippen molar-refractivity contribution in [3.63, 3.8) is 0 Å². The van der Waals surface area contributed by atoms with Gasteiger partial charge in [0.1, 0.15) is 5.75 Å². The molecule has 0 saturated carbocycles. The summed E-state index contributed by atoms with van der Waals surface area (Å²) < 4.78 is 8.40. The van der Waals surface area contributed by atoms with E-state index in [1.54, 1.807) is 7.11 Å². The molecular formula is C19H20N2O2S. The first-order valence-electron chi connectivity index (χ1n) is 7.87. The molecule has 24 heavy (non-hydrogen) atoms. The molecule has 0 aliphatic carbocycles. The van der Waals surface area contributed by atoms with E-state index in [4.69, 9.17) is 4.74 Å². The maximum absolute atomic E-state index is 12.6. The number of methoxy groups -OCH3 is 1. The molecular weight excluding hydrogens is 320 g/mol. The number of nitrogens with zero attached hydrogens (tertiary/aromatic N) is 2.